The number of rotatable bonds is 10. The molecule has 1 saturated heterocycles. The summed E-state index contributed by atoms with van der Waals surface area (Å²) in [5, 5.41) is 2.76. The van der Waals surface area contributed by atoms with Crippen molar-refractivity contribution in [2.24, 2.45) is 0 Å². The van der Waals surface area contributed by atoms with Crippen LogP contribution in [0.4, 0.5) is 5.69 Å². The number of hydrogen-bond donors (Lipinski definition) is 1. The molecular formula is C23H29N3O6S. The highest BCUT2D eigenvalue weighted by atomic mass is 32.2. The lowest BCUT2D eigenvalue weighted by Gasteiger charge is -2.24. The Balaban J connectivity index is 1.62. The van der Waals surface area contributed by atoms with E-state index in [1.807, 2.05) is 29.2 Å². The van der Waals surface area contributed by atoms with Crippen LogP contribution in [0.5, 0.6) is 11.5 Å². The van der Waals surface area contributed by atoms with Crippen LogP contribution in [-0.4, -0.2) is 58.7 Å². The summed E-state index contributed by atoms with van der Waals surface area (Å²) in [5.74, 6) is 0.506. The lowest BCUT2D eigenvalue weighted by atomic mass is 10.1. The molecule has 1 N–H and O–H groups in total. The second kappa shape index (κ2) is 10.6. The molecule has 0 aliphatic carbocycles. The zero-order valence-electron chi connectivity index (χ0n) is 19.0. The molecule has 0 radical (unpaired) electrons. The Labute approximate surface area is 194 Å². The zero-order valence-corrected chi connectivity index (χ0v) is 19.9. The third-order valence-electron chi connectivity index (χ3n) is 5.40. The fraction of sp³-hybridized carbons (Fsp3) is 0.391. The Morgan fingerprint density at radius 2 is 1.79 bits per heavy atom. The van der Waals surface area contributed by atoms with Crippen LogP contribution in [0.3, 0.4) is 0 Å². The van der Waals surface area contributed by atoms with E-state index in [1.54, 1.807) is 12.1 Å². The maximum atomic E-state index is 12.6. The summed E-state index contributed by atoms with van der Waals surface area (Å²) < 4.78 is 36.2. The average molecular weight is 476 g/mol. The van der Waals surface area contributed by atoms with Crippen LogP contribution in [-0.2, 0) is 32.7 Å². The quantitative estimate of drug-likeness (QED) is 0.563. The number of methoxy groups -OCH3 is 2. The molecule has 1 heterocycles. The molecule has 10 heteroatoms. The SMILES string of the molecule is COc1ccc(N(CC(=O)NCc2ccc(CN3CCCC3=O)cc2)S(C)(=O)=O)c(OC)c1. The average Bonchev–Trinajstić information content (AvgIpc) is 3.20. The molecule has 0 unspecified atom stereocenters. The van der Waals surface area contributed by atoms with Gasteiger partial charge >= 0.3 is 0 Å². The number of anilines is 1. The minimum absolute atomic E-state index is 0.176. The van der Waals surface area contributed by atoms with E-state index in [2.05, 4.69) is 5.32 Å². The third kappa shape index (κ3) is 6.38. The standard InChI is InChI=1S/C23H29N3O6S/c1-31-19-10-11-20(21(13-19)32-2)26(33(3,29)30)16-22(27)24-14-17-6-8-18(9-7-17)15-25-12-4-5-23(25)28/h6-11,13H,4-5,12,14-16H2,1-3H3,(H,24,27). The largest absolute Gasteiger partial charge is 0.497 e. The molecular weight excluding hydrogens is 446 g/mol. The first-order chi connectivity index (χ1) is 15.7. The molecule has 1 aliphatic heterocycles. The van der Waals surface area contributed by atoms with E-state index in [1.165, 1.54) is 20.3 Å². The maximum Gasteiger partial charge on any atom is 0.241 e. The number of nitrogens with one attached hydrogen (secondary N) is 1. The van der Waals surface area contributed by atoms with Crippen LogP contribution in [0, 0.1) is 0 Å². The van der Waals surface area contributed by atoms with Gasteiger partial charge in [-0.15, -0.1) is 0 Å². The molecule has 33 heavy (non-hydrogen) atoms. The number of nitrogens with zero attached hydrogens (tertiary/aromatic N) is 2. The molecule has 2 amide bonds. The van der Waals surface area contributed by atoms with E-state index in [0.717, 1.165) is 34.7 Å². The van der Waals surface area contributed by atoms with Crippen molar-refractivity contribution in [1.29, 1.82) is 0 Å². The molecule has 1 fully saturated rings. The molecule has 2 aromatic carbocycles. The minimum atomic E-state index is -3.75. The van der Waals surface area contributed by atoms with Crippen LogP contribution in [0.15, 0.2) is 42.5 Å². The van der Waals surface area contributed by atoms with Gasteiger partial charge < -0.3 is 19.7 Å². The Bertz CT molecular complexity index is 1100. The van der Waals surface area contributed by atoms with Crippen LogP contribution in [0.2, 0.25) is 0 Å². The Morgan fingerprint density at radius 1 is 1.09 bits per heavy atom. The number of hydrogen-bond acceptors (Lipinski definition) is 6. The number of benzene rings is 2. The zero-order chi connectivity index (χ0) is 24.0. The van der Waals surface area contributed by atoms with Gasteiger partial charge in [0.25, 0.3) is 0 Å². The third-order valence-corrected chi connectivity index (χ3v) is 6.53. The second-order valence-corrected chi connectivity index (χ2v) is 9.73. The summed E-state index contributed by atoms with van der Waals surface area (Å²) in [6.45, 7) is 1.22. The molecule has 0 spiro atoms. The van der Waals surface area contributed by atoms with Gasteiger partial charge in [0, 0.05) is 32.1 Å². The van der Waals surface area contributed by atoms with Crippen LogP contribution in [0.25, 0.3) is 0 Å². The fourth-order valence-corrected chi connectivity index (χ4v) is 4.47. The van der Waals surface area contributed by atoms with Gasteiger partial charge in [-0.05, 0) is 29.7 Å². The topological polar surface area (TPSA) is 105 Å². The summed E-state index contributed by atoms with van der Waals surface area (Å²) in [7, 11) is -0.837. The predicted molar refractivity (Wildman–Crippen MR) is 125 cm³/mol. The van der Waals surface area contributed by atoms with Crippen LogP contribution in [0.1, 0.15) is 24.0 Å². The first kappa shape index (κ1) is 24.4. The van der Waals surface area contributed by atoms with Gasteiger partial charge in [0.2, 0.25) is 21.8 Å². The van der Waals surface area contributed by atoms with Gasteiger partial charge in [0.05, 0.1) is 26.2 Å². The van der Waals surface area contributed by atoms with Crippen molar-refractivity contribution < 1.29 is 27.5 Å². The first-order valence-corrected chi connectivity index (χ1v) is 12.4. The predicted octanol–water partition coefficient (Wildman–Crippen LogP) is 1.91. The van der Waals surface area contributed by atoms with Crippen LogP contribution >= 0.6 is 0 Å². The molecule has 0 saturated carbocycles. The number of carbonyl (C=O) groups excluding carboxylic acids is 2. The Morgan fingerprint density at radius 3 is 2.36 bits per heavy atom. The number of carbonyl (C=O) groups is 2. The van der Waals surface area contributed by atoms with Gasteiger partial charge in [-0.2, -0.15) is 0 Å². The molecule has 0 aromatic heterocycles. The van der Waals surface area contributed by atoms with Gasteiger partial charge in [-0.3, -0.25) is 13.9 Å². The second-order valence-electron chi connectivity index (χ2n) is 7.82. The van der Waals surface area contributed by atoms with Crippen molar-refractivity contribution in [3.8, 4) is 11.5 Å². The summed E-state index contributed by atoms with van der Waals surface area (Å²) in [5.41, 5.74) is 2.14. The molecule has 178 valence electrons. The molecule has 3 rings (SSSR count). The summed E-state index contributed by atoms with van der Waals surface area (Å²) in [6, 6.07) is 12.3. The summed E-state index contributed by atoms with van der Waals surface area (Å²) >= 11 is 0. The van der Waals surface area contributed by atoms with E-state index in [0.29, 0.717) is 18.7 Å². The highest BCUT2D eigenvalue weighted by Gasteiger charge is 2.24. The number of amides is 2. The number of likely N-dealkylation sites (tertiary alicyclic amines) is 1. The lowest BCUT2D eigenvalue weighted by Crippen LogP contribution is -2.40. The molecule has 2 aromatic rings. The summed E-state index contributed by atoms with van der Waals surface area (Å²) in [4.78, 5) is 26.2. The minimum Gasteiger partial charge on any atom is -0.497 e. The molecule has 0 bridgehead atoms. The van der Waals surface area contributed by atoms with E-state index >= 15 is 0 Å². The van der Waals surface area contributed by atoms with Crippen molar-refractivity contribution >= 4 is 27.5 Å². The van der Waals surface area contributed by atoms with Crippen molar-refractivity contribution in [2.45, 2.75) is 25.9 Å². The monoisotopic (exact) mass is 475 g/mol. The molecule has 1 aliphatic rings. The van der Waals surface area contributed by atoms with Crippen LogP contribution < -0.4 is 19.1 Å². The van der Waals surface area contributed by atoms with Gasteiger partial charge in [-0.1, -0.05) is 24.3 Å². The summed E-state index contributed by atoms with van der Waals surface area (Å²) in [6.07, 6.45) is 2.54. The van der Waals surface area contributed by atoms with Gasteiger partial charge in [0.1, 0.15) is 18.0 Å². The highest BCUT2D eigenvalue weighted by molar-refractivity contribution is 7.92. The van der Waals surface area contributed by atoms with E-state index in [-0.39, 0.29) is 23.9 Å². The fourth-order valence-electron chi connectivity index (χ4n) is 3.61. The number of ether oxygens (including phenoxy) is 2. The van der Waals surface area contributed by atoms with Crippen molar-refractivity contribution in [3.63, 3.8) is 0 Å². The van der Waals surface area contributed by atoms with Crippen molar-refractivity contribution in [3.05, 3.63) is 53.6 Å². The van der Waals surface area contributed by atoms with E-state index < -0.39 is 22.5 Å². The van der Waals surface area contributed by atoms with Crippen molar-refractivity contribution in [1.82, 2.24) is 10.2 Å². The van der Waals surface area contributed by atoms with Gasteiger partial charge in [0.15, 0.2) is 0 Å². The Hall–Kier alpha value is -3.27. The smallest absolute Gasteiger partial charge is 0.241 e. The van der Waals surface area contributed by atoms with E-state index in [9.17, 15) is 18.0 Å². The van der Waals surface area contributed by atoms with E-state index in [4.69, 9.17) is 9.47 Å². The normalized spacial score (nSPS) is 13.7. The lowest BCUT2D eigenvalue weighted by molar-refractivity contribution is -0.128. The van der Waals surface area contributed by atoms with Crippen molar-refractivity contribution in [2.75, 3.05) is 37.9 Å². The number of sulfonamides is 1. The van der Waals surface area contributed by atoms with Gasteiger partial charge in [-0.25, -0.2) is 8.42 Å². The maximum absolute atomic E-state index is 12.6. The molecule has 0 atom stereocenters. The Kier molecular flexibility index (Phi) is 7.80. The highest BCUT2D eigenvalue weighted by Crippen LogP contribution is 2.33. The molecule has 9 nitrogen and oxygen atoms in total. The first-order valence-electron chi connectivity index (χ1n) is 10.5.